The minimum absolute atomic E-state index is 0.395. The fraction of sp³-hybridized carbons (Fsp3) is 0.0952. The molecule has 0 bridgehead atoms. The predicted octanol–water partition coefficient (Wildman–Crippen LogP) is 4.66. The normalized spacial score (nSPS) is 11.2. The van der Waals surface area contributed by atoms with E-state index in [1.807, 2.05) is 30.3 Å². The van der Waals surface area contributed by atoms with Crippen molar-refractivity contribution in [2.24, 2.45) is 0 Å². The van der Waals surface area contributed by atoms with Gasteiger partial charge in [-0.25, -0.2) is 4.98 Å². The van der Waals surface area contributed by atoms with Crippen LogP contribution in [0.25, 0.3) is 27.9 Å². The molecule has 5 rings (SSSR count). The van der Waals surface area contributed by atoms with Gasteiger partial charge in [-0.2, -0.15) is 9.61 Å². The zero-order chi connectivity index (χ0) is 21.4. The summed E-state index contributed by atoms with van der Waals surface area (Å²) in [7, 11) is 1.60. The molecule has 0 fully saturated rings. The number of benzene rings is 1. The molecule has 0 spiro atoms. The van der Waals surface area contributed by atoms with Crippen molar-refractivity contribution in [2.75, 3.05) is 12.4 Å². The van der Waals surface area contributed by atoms with Gasteiger partial charge in [0.15, 0.2) is 11.5 Å². The molecule has 1 aromatic carbocycles. The number of fused-ring (bicyclic) bond motifs is 2. The quantitative estimate of drug-likeness (QED) is 0.415. The van der Waals surface area contributed by atoms with E-state index in [-0.39, 0.29) is 0 Å². The number of rotatable bonds is 5. The molecule has 31 heavy (non-hydrogen) atoms. The van der Waals surface area contributed by atoms with Crippen LogP contribution in [0.15, 0.2) is 54.9 Å². The summed E-state index contributed by atoms with van der Waals surface area (Å²) in [5, 5.41) is 17.5. The van der Waals surface area contributed by atoms with Gasteiger partial charge in [0.2, 0.25) is 0 Å². The Morgan fingerprint density at radius 3 is 2.74 bits per heavy atom. The van der Waals surface area contributed by atoms with E-state index in [4.69, 9.17) is 27.9 Å². The van der Waals surface area contributed by atoms with Gasteiger partial charge in [-0.1, -0.05) is 29.3 Å². The van der Waals surface area contributed by atoms with Crippen LogP contribution in [0.4, 0.5) is 5.69 Å². The van der Waals surface area contributed by atoms with Gasteiger partial charge >= 0.3 is 0 Å². The Kier molecular flexibility index (Phi) is 5.01. The molecule has 4 heterocycles. The Bertz CT molecular complexity index is 1420. The summed E-state index contributed by atoms with van der Waals surface area (Å²) in [6, 6.07) is 12.8. The van der Waals surface area contributed by atoms with Gasteiger partial charge in [-0.05, 0) is 30.3 Å². The molecule has 0 amide bonds. The summed E-state index contributed by atoms with van der Waals surface area (Å²) in [5.41, 5.74) is 4.52. The van der Waals surface area contributed by atoms with Crippen molar-refractivity contribution in [3.05, 3.63) is 70.7 Å². The zero-order valence-corrected chi connectivity index (χ0v) is 17.8. The second-order valence-corrected chi connectivity index (χ2v) is 7.50. The van der Waals surface area contributed by atoms with Crippen LogP contribution in [0, 0.1) is 0 Å². The van der Waals surface area contributed by atoms with Gasteiger partial charge in [0.05, 0.1) is 46.8 Å². The lowest BCUT2D eigenvalue weighted by Crippen LogP contribution is -2.07. The minimum Gasteiger partial charge on any atom is -0.495 e. The first-order valence-electron chi connectivity index (χ1n) is 9.32. The lowest BCUT2D eigenvalue weighted by molar-refractivity contribution is 0.413. The van der Waals surface area contributed by atoms with Crippen LogP contribution >= 0.6 is 23.2 Å². The van der Waals surface area contributed by atoms with Crippen molar-refractivity contribution in [2.45, 2.75) is 6.54 Å². The Hall–Kier alpha value is -3.49. The molecule has 0 aliphatic carbocycles. The van der Waals surface area contributed by atoms with Crippen LogP contribution in [0.5, 0.6) is 5.75 Å². The molecular formula is C21H15Cl2N7O. The summed E-state index contributed by atoms with van der Waals surface area (Å²) in [6.45, 7) is 0.395. The van der Waals surface area contributed by atoms with Crippen molar-refractivity contribution in [1.29, 1.82) is 0 Å². The standard InChI is InChI=1S/C21H15Cl2N7O/c1-31-13-9-18-21(26-10-13)17(6-7-24-18)25-11-20-28-27-19-5-4-16(29-30(19)20)12-2-3-14(22)15(23)8-12/h2-10H,11H2,1H3,(H,24,25). The first kappa shape index (κ1) is 19.5. The highest BCUT2D eigenvalue weighted by molar-refractivity contribution is 6.42. The monoisotopic (exact) mass is 451 g/mol. The third kappa shape index (κ3) is 3.71. The smallest absolute Gasteiger partial charge is 0.178 e. The van der Waals surface area contributed by atoms with Gasteiger partial charge < -0.3 is 10.1 Å². The number of hydrogen-bond acceptors (Lipinski definition) is 7. The molecule has 8 nitrogen and oxygen atoms in total. The van der Waals surface area contributed by atoms with Crippen LogP contribution < -0.4 is 10.1 Å². The van der Waals surface area contributed by atoms with Crippen molar-refractivity contribution in [1.82, 2.24) is 29.8 Å². The summed E-state index contributed by atoms with van der Waals surface area (Å²) in [4.78, 5) is 8.81. The number of halogens is 2. The van der Waals surface area contributed by atoms with E-state index >= 15 is 0 Å². The Morgan fingerprint density at radius 2 is 1.90 bits per heavy atom. The van der Waals surface area contributed by atoms with Crippen molar-refractivity contribution >= 4 is 45.6 Å². The SMILES string of the molecule is COc1cnc2c(NCc3nnc4ccc(-c5ccc(Cl)c(Cl)c5)nn34)ccnc2c1. The summed E-state index contributed by atoms with van der Waals surface area (Å²) in [5.74, 6) is 1.30. The fourth-order valence-corrected chi connectivity index (χ4v) is 3.49. The molecule has 0 radical (unpaired) electrons. The predicted molar refractivity (Wildman–Crippen MR) is 120 cm³/mol. The maximum atomic E-state index is 6.16. The Morgan fingerprint density at radius 1 is 1.00 bits per heavy atom. The molecular weight excluding hydrogens is 437 g/mol. The van der Waals surface area contributed by atoms with Crippen LogP contribution in [-0.2, 0) is 6.54 Å². The maximum Gasteiger partial charge on any atom is 0.178 e. The molecule has 5 aromatic rings. The van der Waals surface area contributed by atoms with Crippen LogP contribution in [0.3, 0.4) is 0 Å². The van der Waals surface area contributed by atoms with Crippen molar-refractivity contribution in [3.8, 4) is 17.0 Å². The summed E-state index contributed by atoms with van der Waals surface area (Å²) >= 11 is 12.2. The third-order valence-electron chi connectivity index (χ3n) is 4.77. The number of anilines is 1. The lowest BCUT2D eigenvalue weighted by Gasteiger charge is -2.09. The number of ether oxygens (including phenoxy) is 1. The molecule has 10 heteroatoms. The molecule has 0 aliphatic heterocycles. The molecule has 0 saturated carbocycles. The number of nitrogens with zero attached hydrogens (tertiary/aromatic N) is 6. The number of methoxy groups -OCH3 is 1. The van der Waals surface area contributed by atoms with E-state index in [2.05, 4.69) is 30.6 Å². The van der Waals surface area contributed by atoms with E-state index in [1.54, 1.807) is 36.2 Å². The topological polar surface area (TPSA) is 90.1 Å². The first-order chi connectivity index (χ1) is 15.1. The van der Waals surface area contributed by atoms with Crippen LogP contribution in [0.2, 0.25) is 10.0 Å². The number of aromatic nitrogens is 6. The van der Waals surface area contributed by atoms with E-state index in [1.165, 1.54) is 0 Å². The molecule has 0 atom stereocenters. The summed E-state index contributed by atoms with van der Waals surface area (Å²) < 4.78 is 6.92. The molecule has 154 valence electrons. The second-order valence-electron chi connectivity index (χ2n) is 6.69. The van der Waals surface area contributed by atoms with E-state index < -0.39 is 0 Å². The third-order valence-corrected chi connectivity index (χ3v) is 5.51. The van der Waals surface area contributed by atoms with Gasteiger partial charge in [0, 0.05) is 17.8 Å². The number of hydrogen-bond donors (Lipinski definition) is 1. The average Bonchev–Trinajstić information content (AvgIpc) is 3.21. The van der Waals surface area contributed by atoms with Gasteiger partial charge in [0.1, 0.15) is 11.3 Å². The van der Waals surface area contributed by atoms with E-state index in [9.17, 15) is 0 Å². The lowest BCUT2D eigenvalue weighted by atomic mass is 10.1. The second kappa shape index (κ2) is 7.98. The first-order valence-corrected chi connectivity index (χ1v) is 10.1. The average molecular weight is 452 g/mol. The van der Waals surface area contributed by atoms with E-state index in [0.717, 1.165) is 28.0 Å². The highest BCUT2D eigenvalue weighted by Crippen LogP contribution is 2.28. The Balaban J connectivity index is 1.46. The molecule has 1 N–H and O–H groups in total. The minimum atomic E-state index is 0.395. The molecule has 4 aromatic heterocycles. The van der Waals surface area contributed by atoms with Crippen LogP contribution in [0.1, 0.15) is 5.82 Å². The number of nitrogens with one attached hydrogen (secondary N) is 1. The van der Waals surface area contributed by atoms with E-state index in [0.29, 0.717) is 33.8 Å². The molecule has 0 saturated heterocycles. The maximum absolute atomic E-state index is 6.16. The van der Waals surface area contributed by atoms with Crippen molar-refractivity contribution in [3.63, 3.8) is 0 Å². The van der Waals surface area contributed by atoms with Crippen molar-refractivity contribution < 1.29 is 4.74 Å². The van der Waals surface area contributed by atoms with Gasteiger partial charge in [0.25, 0.3) is 0 Å². The van der Waals surface area contributed by atoms with Gasteiger partial charge in [-0.15, -0.1) is 10.2 Å². The Labute approximate surface area is 186 Å². The fourth-order valence-electron chi connectivity index (χ4n) is 3.19. The highest BCUT2D eigenvalue weighted by Gasteiger charge is 2.11. The number of pyridine rings is 2. The molecule has 0 unspecified atom stereocenters. The molecule has 0 aliphatic rings. The largest absolute Gasteiger partial charge is 0.495 e. The highest BCUT2D eigenvalue weighted by atomic mass is 35.5. The zero-order valence-electron chi connectivity index (χ0n) is 16.3. The summed E-state index contributed by atoms with van der Waals surface area (Å²) in [6.07, 6.45) is 3.38. The van der Waals surface area contributed by atoms with Gasteiger partial charge in [-0.3, -0.25) is 4.98 Å². The van der Waals surface area contributed by atoms with Crippen LogP contribution in [-0.4, -0.2) is 36.9 Å².